The maximum absolute atomic E-state index is 13.1. The molecular formula is C14H12FNOS. The minimum atomic E-state index is -0.696. The molecule has 1 N–H and O–H groups in total. The van der Waals surface area contributed by atoms with Crippen LogP contribution in [0, 0.1) is 18.2 Å². The monoisotopic (exact) mass is 261 g/mol. The zero-order valence-corrected chi connectivity index (χ0v) is 10.9. The molecule has 0 fully saturated rings. The Balaban J connectivity index is 2.32. The van der Waals surface area contributed by atoms with Gasteiger partial charge in [-0.1, -0.05) is 12.0 Å². The van der Waals surface area contributed by atoms with Gasteiger partial charge in [0.2, 0.25) is 0 Å². The number of carbonyl (C=O) groups is 1. The molecule has 1 aromatic heterocycles. The van der Waals surface area contributed by atoms with Gasteiger partial charge in [-0.15, -0.1) is 17.8 Å². The van der Waals surface area contributed by atoms with Crippen LogP contribution in [0.5, 0.6) is 0 Å². The summed E-state index contributed by atoms with van der Waals surface area (Å²) in [5, 5.41) is 3.59. The minimum absolute atomic E-state index is 0.237. The van der Waals surface area contributed by atoms with E-state index in [0.29, 0.717) is 4.88 Å². The Hall–Kier alpha value is -1.86. The highest BCUT2D eigenvalue weighted by Gasteiger charge is 2.19. The molecule has 1 heterocycles. The molecule has 4 heteroatoms. The van der Waals surface area contributed by atoms with E-state index in [1.807, 2.05) is 0 Å². The van der Waals surface area contributed by atoms with Gasteiger partial charge < -0.3 is 5.32 Å². The smallest absolute Gasteiger partial charge is 0.262 e. The van der Waals surface area contributed by atoms with Crippen LogP contribution in [-0.2, 0) is 0 Å². The van der Waals surface area contributed by atoms with Gasteiger partial charge in [0.15, 0.2) is 0 Å². The van der Waals surface area contributed by atoms with Gasteiger partial charge in [-0.25, -0.2) is 4.39 Å². The van der Waals surface area contributed by atoms with E-state index in [1.54, 1.807) is 26.0 Å². The molecule has 0 unspecified atom stereocenters. The molecule has 0 bridgehead atoms. The zero-order chi connectivity index (χ0) is 13.3. The van der Waals surface area contributed by atoms with Gasteiger partial charge in [-0.05, 0) is 37.4 Å². The van der Waals surface area contributed by atoms with Gasteiger partial charge in [-0.3, -0.25) is 4.79 Å². The first-order valence-electron chi connectivity index (χ1n) is 5.41. The van der Waals surface area contributed by atoms with Gasteiger partial charge >= 0.3 is 0 Å². The van der Waals surface area contributed by atoms with Crippen molar-refractivity contribution in [1.29, 1.82) is 0 Å². The number of amides is 1. The molecular weight excluding hydrogens is 249 g/mol. The molecule has 1 amide bonds. The molecule has 0 aliphatic carbocycles. The number of thiophene rings is 1. The molecule has 2 nitrogen and oxygen atoms in total. The van der Waals surface area contributed by atoms with Crippen molar-refractivity contribution in [2.75, 3.05) is 0 Å². The van der Waals surface area contributed by atoms with E-state index in [-0.39, 0.29) is 11.7 Å². The summed E-state index contributed by atoms with van der Waals surface area (Å²) in [6, 6.07) is 6.19. The van der Waals surface area contributed by atoms with E-state index < -0.39 is 5.54 Å². The van der Waals surface area contributed by atoms with Gasteiger partial charge in [0, 0.05) is 4.70 Å². The highest BCUT2D eigenvalue weighted by Crippen LogP contribution is 2.26. The second kappa shape index (κ2) is 4.43. The standard InChI is InChI=1S/C14H12FNOS/c1-4-14(2,3)16-13(17)12-7-9-5-6-10(15)8-11(9)18-12/h1,5-8H,2-3H3,(H,16,17). The number of fused-ring (bicyclic) bond motifs is 1. The number of hydrogen-bond acceptors (Lipinski definition) is 2. The lowest BCUT2D eigenvalue weighted by Crippen LogP contribution is -2.41. The lowest BCUT2D eigenvalue weighted by molar-refractivity contribution is 0.0934. The second-order valence-electron chi connectivity index (χ2n) is 4.52. The van der Waals surface area contributed by atoms with Crippen molar-refractivity contribution in [2.45, 2.75) is 19.4 Å². The average Bonchev–Trinajstić information content (AvgIpc) is 2.71. The Bertz CT molecular complexity index is 651. The molecule has 0 aliphatic heterocycles. The highest BCUT2D eigenvalue weighted by atomic mass is 32.1. The summed E-state index contributed by atoms with van der Waals surface area (Å²) >= 11 is 1.25. The summed E-state index contributed by atoms with van der Waals surface area (Å²) in [6.45, 7) is 3.50. The van der Waals surface area contributed by atoms with Gasteiger partial charge in [0.25, 0.3) is 5.91 Å². The fraction of sp³-hybridized carbons (Fsp3) is 0.214. The summed E-state index contributed by atoms with van der Waals surface area (Å²) in [6.07, 6.45) is 5.32. The third-order valence-corrected chi connectivity index (χ3v) is 3.59. The van der Waals surface area contributed by atoms with E-state index in [0.717, 1.165) is 10.1 Å². The topological polar surface area (TPSA) is 29.1 Å². The lowest BCUT2D eigenvalue weighted by atomic mass is 10.1. The van der Waals surface area contributed by atoms with Crippen LogP contribution in [0.2, 0.25) is 0 Å². The van der Waals surface area contributed by atoms with Gasteiger partial charge in [0.05, 0.1) is 10.4 Å². The molecule has 0 aliphatic rings. The largest absolute Gasteiger partial charge is 0.336 e. The quantitative estimate of drug-likeness (QED) is 0.826. The normalized spacial score (nSPS) is 11.2. The van der Waals surface area contributed by atoms with Crippen LogP contribution in [0.25, 0.3) is 10.1 Å². The molecule has 0 saturated carbocycles. The van der Waals surface area contributed by atoms with Crippen LogP contribution in [0.15, 0.2) is 24.3 Å². The van der Waals surface area contributed by atoms with E-state index in [4.69, 9.17) is 6.42 Å². The molecule has 0 saturated heterocycles. The average molecular weight is 261 g/mol. The number of rotatable bonds is 2. The van der Waals surface area contributed by atoms with Crippen LogP contribution in [-0.4, -0.2) is 11.4 Å². The number of nitrogens with one attached hydrogen (secondary N) is 1. The first-order valence-corrected chi connectivity index (χ1v) is 6.22. The van der Waals surface area contributed by atoms with Crippen molar-refractivity contribution >= 4 is 27.3 Å². The Labute approximate surface area is 109 Å². The molecule has 18 heavy (non-hydrogen) atoms. The molecule has 1 aromatic carbocycles. The third-order valence-electron chi connectivity index (χ3n) is 2.49. The molecule has 0 radical (unpaired) electrons. The van der Waals surface area contributed by atoms with Crippen molar-refractivity contribution in [3.8, 4) is 12.3 Å². The van der Waals surface area contributed by atoms with Crippen molar-refractivity contribution in [3.63, 3.8) is 0 Å². The summed E-state index contributed by atoms with van der Waals surface area (Å²) in [5.74, 6) is 1.96. The van der Waals surface area contributed by atoms with Crippen molar-refractivity contribution in [1.82, 2.24) is 5.32 Å². The van der Waals surface area contributed by atoms with Crippen LogP contribution >= 0.6 is 11.3 Å². The zero-order valence-electron chi connectivity index (χ0n) is 10.1. The number of hydrogen-bond donors (Lipinski definition) is 1. The first-order chi connectivity index (χ1) is 8.41. The van der Waals surface area contributed by atoms with E-state index in [1.165, 1.54) is 23.5 Å². The minimum Gasteiger partial charge on any atom is -0.336 e. The SMILES string of the molecule is C#CC(C)(C)NC(=O)c1cc2ccc(F)cc2s1. The molecule has 92 valence electrons. The lowest BCUT2D eigenvalue weighted by Gasteiger charge is -2.18. The Morgan fingerprint density at radius 3 is 2.83 bits per heavy atom. The summed E-state index contributed by atoms with van der Waals surface area (Å²) < 4.78 is 13.8. The second-order valence-corrected chi connectivity index (χ2v) is 5.60. The first kappa shape index (κ1) is 12.6. The van der Waals surface area contributed by atoms with Crippen molar-refractivity contribution < 1.29 is 9.18 Å². The fourth-order valence-electron chi connectivity index (χ4n) is 1.50. The van der Waals surface area contributed by atoms with Crippen LogP contribution in [0.4, 0.5) is 4.39 Å². The number of carbonyl (C=O) groups excluding carboxylic acids is 1. The van der Waals surface area contributed by atoms with Gasteiger partial charge in [-0.2, -0.15) is 0 Å². The van der Waals surface area contributed by atoms with Crippen LogP contribution in [0.1, 0.15) is 23.5 Å². The number of terminal acetylenes is 1. The van der Waals surface area contributed by atoms with E-state index in [9.17, 15) is 9.18 Å². The Morgan fingerprint density at radius 2 is 2.17 bits per heavy atom. The van der Waals surface area contributed by atoms with Crippen molar-refractivity contribution in [2.24, 2.45) is 0 Å². The Morgan fingerprint density at radius 1 is 1.44 bits per heavy atom. The highest BCUT2D eigenvalue weighted by molar-refractivity contribution is 7.20. The molecule has 0 spiro atoms. The maximum Gasteiger partial charge on any atom is 0.262 e. The predicted octanol–water partition coefficient (Wildman–Crippen LogP) is 3.18. The summed E-state index contributed by atoms with van der Waals surface area (Å²) in [7, 11) is 0. The molecule has 2 rings (SSSR count). The van der Waals surface area contributed by atoms with Crippen LogP contribution in [0.3, 0.4) is 0 Å². The van der Waals surface area contributed by atoms with Crippen molar-refractivity contribution in [3.05, 3.63) is 35.0 Å². The van der Waals surface area contributed by atoms with Crippen LogP contribution < -0.4 is 5.32 Å². The number of benzene rings is 1. The predicted molar refractivity (Wildman–Crippen MR) is 72.2 cm³/mol. The number of halogens is 1. The summed E-state index contributed by atoms with van der Waals surface area (Å²) in [4.78, 5) is 12.5. The fourth-order valence-corrected chi connectivity index (χ4v) is 2.48. The Kier molecular flexibility index (Phi) is 3.10. The molecule has 0 atom stereocenters. The van der Waals surface area contributed by atoms with Gasteiger partial charge in [0.1, 0.15) is 5.82 Å². The third kappa shape index (κ3) is 2.52. The maximum atomic E-state index is 13.1. The van der Waals surface area contributed by atoms with E-state index >= 15 is 0 Å². The summed E-state index contributed by atoms with van der Waals surface area (Å²) in [5.41, 5.74) is -0.696. The molecule has 2 aromatic rings. The van der Waals surface area contributed by atoms with E-state index in [2.05, 4.69) is 11.2 Å².